The number of rotatable bonds is 5. The van der Waals surface area contributed by atoms with Gasteiger partial charge in [0.1, 0.15) is 0 Å². The number of amides is 1. The van der Waals surface area contributed by atoms with Crippen molar-refractivity contribution in [1.82, 2.24) is 4.90 Å². The number of benzene rings is 1. The molecule has 0 spiro atoms. The molecule has 1 aromatic rings. The first-order chi connectivity index (χ1) is 9.69. The summed E-state index contributed by atoms with van der Waals surface area (Å²) >= 11 is 0. The maximum atomic E-state index is 12.2. The van der Waals surface area contributed by atoms with E-state index in [1.807, 2.05) is 36.1 Å². The summed E-state index contributed by atoms with van der Waals surface area (Å²) in [7, 11) is 0. The van der Waals surface area contributed by atoms with Crippen LogP contribution >= 0.6 is 0 Å². The first-order valence-electron chi connectivity index (χ1n) is 7.25. The monoisotopic (exact) mass is 277 g/mol. The Morgan fingerprint density at radius 1 is 1.30 bits per heavy atom. The number of aryl methyl sites for hydroxylation is 1. The third-order valence-electron chi connectivity index (χ3n) is 3.72. The van der Waals surface area contributed by atoms with Crippen molar-refractivity contribution in [2.75, 3.05) is 26.3 Å². The molecule has 1 saturated heterocycles. The Kier molecular flexibility index (Phi) is 5.56. The summed E-state index contributed by atoms with van der Waals surface area (Å²) in [5, 5.41) is 8.73. The van der Waals surface area contributed by atoms with Crippen LogP contribution < -0.4 is 0 Å². The molecule has 1 heterocycles. The van der Waals surface area contributed by atoms with Crippen LogP contribution in [-0.4, -0.2) is 48.3 Å². The third kappa shape index (κ3) is 4.32. The smallest absolute Gasteiger partial charge is 0.226 e. The lowest BCUT2D eigenvalue weighted by atomic mass is 10.1. The van der Waals surface area contributed by atoms with Gasteiger partial charge in [-0.3, -0.25) is 4.79 Å². The van der Waals surface area contributed by atoms with Gasteiger partial charge in [0.15, 0.2) is 0 Å². The molecule has 1 aliphatic rings. The van der Waals surface area contributed by atoms with Gasteiger partial charge in [0.25, 0.3) is 0 Å². The number of aliphatic hydroxyl groups excluding tert-OH is 1. The van der Waals surface area contributed by atoms with Crippen LogP contribution in [0.5, 0.6) is 0 Å². The van der Waals surface area contributed by atoms with E-state index in [-0.39, 0.29) is 18.6 Å². The van der Waals surface area contributed by atoms with Gasteiger partial charge in [-0.05, 0) is 25.3 Å². The van der Waals surface area contributed by atoms with Gasteiger partial charge >= 0.3 is 0 Å². The van der Waals surface area contributed by atoms with Crippen molar-refractivity contribution in [3.63, 3.8) is 0 Å². The van der Waals surface area contributed by atoms with Crippen molar-refractivity contribution >= 4 is 5.91 Å². The highest BCUT2D eigenvalue weighted by atomic mass is 16.5. The van der Waals surface area contributed by atoms with E-state index in [1.54, 1.807) is 0 Å². The van der Waals surface area contributed by atoms with Crippen LogP contribution in [0.2, 0.25) is 0 Å². The molecule has 0 aliphatic carbocycles. The molecule has 4 heteroatoms. The quantitative estimate of drug-likeness (QED) is 0.888. The fourth-order valence-corrected chi connectivity index (χ4v) is 2.48. The minimum Gasteiger partial charge on any atom is -0.394 e. The summed E-state index contributed by atoms with van der Waals surface area (Å²) in [6, 6.07) is 8.11. The van der Waals surface area contributed by atoms with Gasteiger partial charge < -0.3 is 14.7 Å². The van der Waals surface area contributed by atoms with Gasteiger partial charge in [-0.15, -0.1) is 0 Å². The minimum atomic E-state index is 0.0621. The molecule has 0 aromatic heterocycles. The second-order valence-corrected chi connectivity index (χ2v) is 5.34. The summed E-state index contributed by atoms with van der Waals surface area (Å²) in [5.41, 5.74) is 2.28. The van der Waals surface area contributed by atoms with E-state index in [2.05, 4.69) is 0 Å². The largest absolute Gasteiger partial charge is 0.394 e. The van der Waals surface area contributed by atoms with E-state index in [4.69, 9.17) is 9.84 Å². The van der Waals surface area contributed by atoms with Crippen LogP contribution in [-0.2, 0) is 16.0 Å². The Labute approximate surface area is 120 Å². The van der Waals surface area contributed by atoms with Crippen molar-refractivity contribution in [3.8, 4) is 0 Å². The van der Waals surface area contributed by atoms with Gasteiger partial charge in [-0.1, -0.05) is 29.8 Å². The number of carbonyl (C=O) groups is 1. The van der Waals surface area contributed by atoms with E-state index in [9.17, 15) is 4.79 Å². The summed E-state index contributed by atoms with van der Waals surface area (Å²) in [6.07, 6.45) is 2.38. The first kappa shape index (κ1) is 15.0. The molecule has 2 rings (SSSR count). The Bertz CT molecular complexity index is 422. The highest BCUT2D eigenvalue weighted by Crippen LogP contribution is 2.15. The number of aliphatic hydroxyl groups is 1. The second kappa shape index (κ2) is 7.41. The Hall–Kier alpha value is -1.39. The average Bonchev–Trinajstić information content (AvgIpc) is 2.48. The number of hydrogen-bond acceptors (Lipinski definition) is 3. The molecule has 0 saturated carbocycles. The van der Waals surface area contributed by atoms with Crippen LogP contribution in [0.15, 0.2) is 24.3 Å². The number of hydrogen-bond donors (Lipinski definition) is 1. The number of carbonyl (C=O) groups excluding carboxylic acids is 1. The van der Waals surface area contributed by atoms with Gasteiger partial charge in [0, 0.05) is 13.1 Å². The molecule has 20 heavy (non-hydrogen) atoms. The summed E-state index contributed by atoms with van der Waals surface area (Å²) in [5.74, 6) is 0.189. The normalized spacial score (nSPS) is 16.4. The molecule has 1 amide bonds. The molecular weight excluding hydrogens is 254 g/mol. The van der Waals surface area contributed by atoms with Gasteiger partial charge in [0.05, 0.1) is 25.7 Å². The van der Waals surface area contributed by atoms with Crippen molar-refractivity contribution in [3.05, 3.63) is 35.4 Å². The van der Waals surface area contributed by atoms with Crippen LogP contribution in [0.25, 0.3) is 0 Å². The number of nitrogens with zero attached hydrogens (tertiary/aromatic N) is 1. The maximum Gasteiger partial charge on any atom is 0.226 e. The van der Waals surface area contributed by atoms with Crippen molar-refractivity contribution in [2.45, 2.75) is 32.3 Å². The molecule has 110 valence electrons. The third-order valence-corrected chi connectivity index (χ3v) is 3.72. The Morgan fingerprint density at radius 3 is 2.55 bits per heavy atom. The molecule has 1 fully saturated rings. The number of ether oxygens (including phenoxy) is 1. The lowest BCUT2D eigenvalue weighted by Gasteiger charge is -2.32. The van der Waals surface area contributed by atoms with E-state index in [0.29, 0.717) is 13.0 Å². The van der Waals surface area contributed by atoms with Gasteiger partial charge in [-0.2, -0.15) is 0 Å². The topological polar surface area (TPSA) is 49.8 Å². The lowest BCUT2D eigenvalue weighted by Crippen LogP contribution is -2.41. The molecule has 1 N–H and O–H groups in total. The average molecular weight is 277 g/mol. The zero-order valence-electron chi connectivity index (χ0n) is 12.0. The van der Waals surface area contributed by atoms with E-state index in [0.717, 1.165) is 31.5 Å². The van der Waals surface area contributed by atoms with Crippen molar-refractivity contribution < 1.29 is 14.6 Å². The Balaban J connectivity index is 1.78. The fourth-order valence-electron chi connectivity index (χ4n) is 2.48. The van der Waals surface area contributed by atoms with Crippen molar-refractivity contribution in [2.24, 2.45) is 0 Å². The molecule has 0 unspecified atom stereocenters. The maximum absolute atomic E-state index is 12.2. The standard InChI is InChI=1S/C16H23NO3/c1-13-2-4-14(5-3-13)12-16(19)17-8-6-15(7-9-17)20-11-10-18/h2-5,15,18H,6-12H2,1H3. The predicted molar refractivity (Wildman–Crippen MR) is 77.5 cm³/mol. The fraction of sp³-hybridized carbons (Fsp3) is 0.562. The minimum absolute atomic E-state index is 0.0621. The SMILES string of the molecule is Cc1ccc(CC(=O)N2CCC(OCCO)CC2)cc1. The second-order valence-electron chi connectivity index (χ2n) is 5.34. The van der Waals surface area contributed by atoms with Gasteiger partial charge in [-0.25, -0.2) is 0 Å². The highest BCUT2D eigenvalue weighted by molar-refractivity contribution is 5.78. The van der Waals surface area contributed by atoms with Crippen LogP contribution in [0.3, 0.4) is 0 Å². The van der Waals surface area contributed by atoms with Gasteiger partial charge in [0.2, 0.25) is 5.91 Å². The lowest BCUT2D eigenvalue weighted by molar-refractivity contribution is -0.133. The molecule has 0 atom stereocenters. The molecule has 1 aliphatic heterocycles. The van der Waals surface area contributed by atoms with E-state index >= 15 is 0 Å². The summed E-state index contributed by atoms with van der Waals surface area (Å²) in [6.45, 7) is 4.00. The zero-order chi connectivity index (χ0) is 14.4. The Morgan fingerprint density at radius 2 is 1.95 bits per heavy atom. The predicted octanol–water partition coefficient (Wildman–Crippen LogP) is 1.54. The molecule has 1 aromatic carbocycles. The van der Waals surface area contributed by atoms with Crippen LogP contribution in [0.4, 0.5) is 0 Å². The molecule has 0 radical (unpaired) electrons. The number of piperidine rings is 1. The van der Waals surface area contributed by atoms with E-state index in [1.165, 1.54) is 5.56 Å². The molecular formula is C16H23NO3. The molecule has 4 nitrogen and oxygen atoms in total. The highest BCUT2D eigenvalue weighted by Gasteiger charge is 2.22. The van der Waals surface area contributed by atoms with Crippen molar-refractivity contribution in [1.29, 1.82) is 0 Å². The summed E-state index contributed by atoms with van der Waals surface area (Å²) < 4.78 is 5.50. The summed E-state index contributed by atoms with van der Waals surface area (Å²) in [4.78, 5) is 14.1. The molecule has 0 bridgehead atoms. The number of likely N-dealkylation sites (tertiary alicyclic amines) is 1. The zero-order valence-corrected chi connectivity index (χ0v) is 12.0. The first-order valence-corrected chi connectivity index (χ1v) is 7.25. The van der Waals surface area contributed by atoms with Crippen LogP contribution in [0, 0.1) is 6.92 Å². The van der Waals surface area contributed by atoms with Crippen LogP contribution in [0.1, 0.15) is 24.0 Å². The van der Waals surface area contributed by atoms with E-state index < -0.39 is 0 Å².